The normalized spacial score (nSPS) is 23.1. The SMILES string of the molecule is CC(C)C=Nc1cc(C(F)F)c(B2OC(C)(C)C(C)(C)O2)cn1.C[C@H]1COCCN1c1nc(-c2cnc(N)cc2C(F)F)nc(N2CCOC[C@@H]2C)n1.C[C@H]1COCCN1c1nc(Cl)nc(N2CCOC[C@@H]2C)n1. The topological polar surface area (TPSA) is 210 Å². The van der Waals surface area contributed by atoms with Crippen molar-refractivity contribution in [3.05, 3.63) is 40.9 Å². The molecule has 5 saturated heterocycles. The van der Waals surface area contributed by atoms with Gasteiger partial charge in [-0.15, -0.1) is 0 Å². The maximum atomic E-state index is 13.7. The van der Waals surface area contributed by atoms with E-state index in [-0.39, 0.29) is 75.0 Å². The Kier molecular flexibility index (Phi) is 18.8. The number of morpholine rings is 4. The Hall–Kier alpha value is -5.18. The number of nitrogen functional groups attached to an aromatic ring is 1. The quantitative estimate of drug-likeness (QED) is 0.101. The molecular formula is C48H68BClF4N14O6. The van der Waals surface area contributed by atoms with E-state index in [1.807, 2.05) is 65.2 Å². The molecule has 2 N–H and O–H groups in total. The van der Waals surface area contributed by atoms with E-state index in [1.54, 1.807) is 6.21 Å². The Labute approximate surface area is 435 Å². The average molecular weight is 1060 g/mol. The number of aliphatic imine (C=N–C) groups is 1. The Bertz CT molecular complexity index is 2450. The largest absolute Gasteiger partial charge is 0.496 e. The minimum Gasteiger partial charge on any atom is -0.399 e. The second kappa shape index (κ2) is 24.7. The van der Waals surface area contributed by atoms with Crippen LogP contribution in [-0.4, -0.2) is 168 Å². The summed E-state index contributed by atoms with van der Waals surface area (Å²) in [6.07, 6.45) is -1.05. The molecular weight excluding hydrogens is 991 g/mol. The molecule has 0 aliphatic carbocycles. The van der Waals surface area contributed by atoms with Gasteiger partial charge in [-0.2, -0.15) is 29.9 Å². The molecule has 5 fully saturated rings. The zero-order valence-corrected chi connectivity index (χ0v) is 44.5. The highest BCUT2D eigenvalue weighted by Gasteiger charge is 2.52. The monoisotopic (exact) mass is 1060 g/mol. The molecule has 4 atom stereocenters. The predicted octanol–water partition coefficient (Wildman–Crippen LogP) is 6.56. The second-order valence-electron chi connectivity index (χ2n) is 20.0. The molecule has 26 heteroatoms. The molecule has 9 rings (SSSR count). The van der Waals surface area contributed by atoms with Crippen LogP contribution in [0.2, 0.25) is 5.28 Å². The molecule has 5 aliphatic heterocycles. The van der Waals surface area contributed by atoms with Crippen molar-refractivity contribution in [1.82, 2.24) is 39.9 Å². The number of ether oxygens (including phenoxy) is 4. The summed E-state index contributed by atoms with van der Waals surface area (Å²) in [5.74, 6) is 2.76. The van der Waals surface area contributed by atoms with E-state index >= 15 is 0 Å². The highest BCUT2D eigenvalue weighted by Crippen LogP contribution is 2.38. The molecule has 0 aromatic carbocycles. The van der Waals surface area contributed by atoms with Crippen LogP contribution < -0.4 is 30.8 Å². The lowest BCUT2D eigenvalue weighted by molar-refractivity contribution is 0.00578. The van der Waals surface area contributed by atoms with Gasteiger partial charge in [-0.05, 0) is 85.0 Å². The van der Waals surface area contributed by atoms with Crippen molar-refractivity contribution >= 4 is 65.8 Å². The average Bonchev–Trinajstić information content (AvgIpc) is 3.58. The molecule has 0 saturated carbocycles. The number of aromatic nitrogens is 8. The number of nitrogens with zero attached hydrogens (tertiary/aromatic N) is 13. The van der Waals surface area contributed by atoms with Crippen LogP contribution in [0.3, 0.4) is 0 Å². The van der Waals surface area contributed by atoms with Crippen molar-refractivity contribution < 1.29 is 45.8 Å². The molecule has 0 radical (unpaired) electrons. The third-order valence-corrected chi connectivity index (χ3v) is 13.5. The summed E-state index contributed by atoms with van der Waals surface area (Å²) in [5.41, 5.74) is 4.43. The summed E-state index contributed by atoms with van der Waals surface area (Å²) in [6, 6.07) is 3.01. The highest BCUT2D eigenvalue weighted by atomic mass is 35.5. The van der Waals surface area contributed by atoms with E-state index in [9.17, 15) is 17.6 Å². The van der Waals surface area contributed by atoms with Crippen molar-refractivity contribution in [2.24, 2.45) is 10.9 Å². The van der Waals surface area contributed by atoms with Crippen LogP contribution in [0.15, 0.2) is 29.5 Å². The second-order valence-corrected chi connectivity index (χ2v) is 20.4. The fourth-order valence-electron chi connectivity index (χ4n) is 8.39. The maximum Gasteiger partial charge on any atom is 0.496 e. The van der Waals surface area contributed by atoms with Gasteiger partial charge in [0, 0.05) is 66.9 Å². The number of hydrogen-bond acceptors (Lipinski definition) is 20. The smallest absolute Gasteiger partial charge is 0.399 e. The summed E-state index contributed by atoms with van der Waals surface area (Å²) in [7, 11) is -0.861. The van der Waals surface area contributed by atoms with E-state index in [4.69, 9.17) is 45.6 Å². The lowest BCUT2D eigenvalue weighted by Crippen LogP contribution is -2.46. The molecule has 0 bridgehead atoms. The molecule has 0 unspecified atom stereocenters. The lowest BCUT2D eigenvalue weighted by Gasteiger charge is -2.36. The molecule has 404 valence electrons. The van der Waals surface area contributed by atoms with Crippen LogP contribution in [0.4, 0.5) is 53.0 Å². The van der Waals surface area contributed by atoms with Crippen LogP contribution in [0.5, 0.6) is 0 Å². The number of hydrogen-bond donors (Lipinski definition) is 1. The number of halogens is 5. The summed E-state index contributed by atoms with van der Waals surface area (Å²) in [5, 5.41) is 0.229. The zero-order valence-electron chi connectivity index (χ0n) is 43.7. The van der Waals surface area contributed by atoms with Crippen LogP contribution >= 0.6 is 11.6 Å². The van der Waals surface area contributed by atoms with Gasteiger partial charge in [-0.25, -0.2) is 32.5 Å². The molecule has 9 heterocycles. The van der Waals surface area contributed by atoms with Gasteiger partial charge < -0.3 is 53.6 Å². The number of rotatable bonds is 10. The number of anilines is 5. The van der Waals surface area contributed by atoms with Gasteiger partial charge in [0.1, 0.15) is 5.82 Å². The van der Waals surface area contributed by atoms with Crippen LogP contribution in [0.1, 0.15) is 93.2 Å². The summed E-state index contributed by atoms with van der Waals surface area (Å²) < 4.78 is 88.0. The number of nitrogens with two attached hydrogens (primary N) is 1. The Balaban J connectivity index is 0.000000165. The first kappa shape index (κ1) is 56.5. The van der Waals surface area contributed by atoms with E-state index in [0.29, 0.717) is 89.7 Å². The zero-order chi connectivity index (χ0) is 53.5. The maximum absolute atomic E-state index is 13.7. The minimum absolute atomic E-state index is 0.0205. The van der Waals surface area contributed by atoms with Gasteiger partial charge in [-0.1, -0.05) is 13.8 Å². The number of pyridine rings is 2. The highest BCUT2D eigenvalue weighted by molar-refractivity contribution is 6.62. The van der Waals surface area contributed by atoms with Crippen molar-refractivity contribution in [2.75, 3.05) is 104 Å². The third-order valence-electron chi connectivity index (χ3n) is 13.3. The third kappa shape index (κ3) is 13.8. The Morgan fingerprint density at radius 2 is 1.05 bits per heavy atom. The van der Waals surface area contributed by atoms with E-state index in [1.165, 1.54) is 18.5 Å². The molecule has 0 amide bonds. The first-order valence-electron chi connectivity index (χ1n) is 24.9. The van der Waals surface area contributed by atoms with Gasteiger partial charge in [0.05, 0.1) is 88.2 Å². The Morgan fingerprint density at radius 1 is 0.635 bits per heavy atom. The first-order chi connectivity index (χ1) is 35.1. The summed E-state index contributed by atoms with van der Waals surface area (Å²) >= 11 is 6.11. The van der Waals surface area contributed by atoms with Crippen molar-refractivity contribution in [3.8, 4) is 11.4 Å². The molecule has 4 aromatic rings. The lowest BCUT2D eigenvalue weighted by atomic mass is 9.77. The fourth-order valence-corrected chi connectivity index (χ4v) is 8.54. The fraction of sp³-hybridized carbons (Fsp3) is 0.646. The molecule has 74 heavy (non-hydrogen) atoms. The molecule has 5 aliphatic rings. The van der Waals surface area contributed by atoms with Gasteiger partial charge in [-0.3, -0.25) is 0 Å². The summed E-state index contributed by atoms with van der Waals surface area (Å²) in [6.45, 7) is 27.2. The van der Waals surface area contributed by atoms with Gasteiger partial charge in [0.15, 0.2) is 11.6 Å². The standard InChI is InChI=1S/C19H25F2N7O2.C16H23BF2N2O2.C13H20ClN5O2/c1-11-9-29-5-3-27(11)18-24-17(14-8-23-15(22)7-13(14)16(20)21)25-19(26-18)28-4-6-30-10-12(28)2;1-10(2)8-20-13-7-11(14(18)19)12(9-21-13)17-22-15(3,4)16(5,6)23-17;1-9-7-20-5-3-18(9)12-15-11(14)16-13(17-12)19-4-6-21-8-10(19)2/h7-8,11-12,16H,3-6,9-10H2,1-2H3,(H2,22,23);7-10,14H,1-6H3;9-10H,3-8H2,1-2H3/t11-,12-;;9-,10-/m0.0/s1. The van der Waals surface area contributed by atoms with Crippen LogP contribution in [-0.2, 0) is 28.3 Å². The summed E-state index contributed by atoms with van der Waals surface area (Å²) in [4.78, 5) is 47.5. The van der Waals surface area contributed by atoms with Crippen molar-refractivity contribution in [3.63, 3.8) is 0 Å². The first-order valence-corrected chi connectivity index (χ1v) is 25.3. The van der Waals surface area contributed by atoms with Crippen molar-refractivity contribution in [2.45, 2.75) is 117 Å². The van der Waals surface area contributed by atoms with E-state index in [0.717, 1.165) is 19.2 Å². The van der Waals surface area contributed by atoms with Crippen molar-refractivity contribution in [1.29, 1.82) is 0 Å². The van der Waals surface area contributed by atoms with Gasteiger partial charge >= 0.3 is 7.12 Å². The van der Waals surface area contributed by atoms with Crippen LogP contribution in [0.25, 0.3) is 11.4 Å². The predicted molar refractivity (Wildman–Crippen MR) is 276 cm³/mol. The van der Waals surface area contributed by atoms with Gasteiger partial charge in [0.2, 0.25) is 29.1 Å². The Morgan fingerprint density at radius 3 is 1.45 bits per heavy atom. The molecule has 4 aromatic heterocycles. The van der Waals surface area contributed by atoms with Gasteiger partial charge in [0.25, 0.3) is 12.9 Å². The minimum atomic E-state index is -2.74. The molecule has 20 nitrogen and oxygen atoms in total. The molecule has 0 spiro atoms. The van der Waals surface area contributed by atoms with Crippen LogP contribution in [0, 0.1) is 5.92 Å². The van der Waals surface area contributed by atoms with E-state index < -0.39 is 31.2 Å². The number of alkyl halides is 4. The van der Waals surface area contributed by atoms with E-state index in [2.05, 4.69) is 68.5 Å².